The number of rotatable bonds is 3. The third-order valence-corrected chi connectivity index (χ3v) is 3.39. The van der Waals surface area contributed by atoms with Gasteiger partial charge in [-0.05, 0) is 36.1 Å². The number of benzene rings is 1. The van der Waals surface area contributed by atoms with Gasteiger partial charge in [-0.15, -0.1) is 0 Å². The van der Waals surface area contributed by atoms with Crippen LogP contribution in [0.4, 0.5) is 0 Å². The minimum absolute atomic E-state index is 0.0453. The molecule has 1 aromatic rings. The monoisotopic (exact) mass is 255 g/mol. The molecule has 1 aliphatic rings. The van der Waals surface area contributed by atoms with Gasteiger partial charge in [0, 0.05) is 10.5 Å². The second kappa shape index (κ2) is 3.91. The van der Waals surface area contributed by atoms with Crippen LogP contribution in [0.5, 0.6) is 5.75 Å². The number of phenols is 1. The molecule has 0 spiro atoms. The molecule has 0 aromatic heterocycles. The topological polar surface area (TPSA) is 46.2 Å². The van der Waals surface area contributed by atoms with Crippen molar-refractivity contribution in [2.45, 2.75) is 25.3 Å². The van der Waals surface area contributed by atoms with E-state index in [-0.39, 0.29) is 11.8 Å². The van der Waals surface area contributed by atoms with Crippen LogP contribution in [0.15, 0.2) is 22.7 Å². The number of halogens is 1. The Hall–Kier alpha value is -0.540. The van der Waals surface area contributed by atoms with Gasteiger partial charge in [0.25, 0.3) is 0 Å². The highest BCUT2D eigenvalue weighted by Gasteiger charge is 2.25. The van der Waals surface area contributed by atoms with Crippen LogP contribution in [0.2, 0.25) is 0 Å². The predicted octanol–water partition coefficient (Wildman–Crippen LogP) is 2.95. The molecule has 1 atom stereocenters. The van der Waals surface area contributed by atoms with Crippen molar-refractivity contribution in [3.63, 3.8) is 0 Å². The molecule has 76 valence electrons. The van der Waals surface area contributed by atoms with Crippen molar-refractivity contribution in [2.75, 3.05) is 0 Å². The molecule has 1 fully saturated rings. The summed E-state index contributed by atoms with van der Waals surface area (Å²) in [6.07, 6.45) is 3.65. The zero-order valence-electron chi connectivity index (χ0n) is 7.91. The summed E-state index contributed by atoms with van der Waals surface area (Å²) >= 11 is 3.45. The average Bonchev–Trinajstić information content (AvgIpc) is 2.93. The van der Waals surface area contributed by atoms with Gasteiger partial charge < -0.3 is 10.8 Å². The van der Waals surface area contributed by atoms with E-state index in [9.17, 15) is 5.11 Å². The van der Waals surface area contributed by atoms with Gasteiger partial charge >= 0.3 is 0 Å². The largest absolute Gasteiger partial charge is 0.508 e. The molecule has 0 aliphatic heterocycles. The van der Waals surface area contributed by atoms with Crippen molar-refractivity contribution in [2.24, 2.45) is 11.7 Å². The Morgan fingerprint density at radius 2 is 2.21 bits per heavy atom. The Labute approximate surface area is 92.3 Å². The number of phenolic OH excluding ortho intramolecular Hbond substituents is 1. The summed E-state index contributed by atoms with van der Waals surface area (Å²) in [5.41, 5.74) is 7.08. The van der Waals surface area contributed by atoms with E-state index in [0.29, 0.717) is 0 Å². The quantitative estimate of drug-likeness (QED) is 0.873. The molecule has 3 heteroatoms. The fourth-order valence-corrected chi connectivity index (χ4v) is 2.20. The second-order valence-electron chi connectivity index (χ2n) is 3.99. The fraction of sp³-hybridized carbons (Fsp3) is 0.455. The molecule has 0 unspecified atom stereocenters. The molecule has 0 radical (unpaired) electrons. The molecule has 14 heavy (non-hydrogen) atoms. The zero-order valence-corrected chi connectivity index (χ0v) is 9.50. The van der Waals surface area contributed by atoms with E-state index in [1.807, 2.05) is 6.07 Å². The third-order valence-electron chi connectivity index (χ3n) is 2.66. The van der Waals surface area contributed by atoms with Gasteiger partial charge in [0.1, 0.15) is 5.75 Å². The van der Waals surface area contributed by atoms with Crippen LogP contribution >= 0.6 is 15.9 Å². The molecular weight excluding hydrogens is 242 g/mol. The van der Waals surface area contributed by atoms with E-state index in [1.165, 1.54) is 12.8 Å². The predicted molar refractivity (Wildman–Crippen MR) is 60.1 cm³/mol. The first-order valence-electron chi connectivity index (χ1n) is 4.91. The molecule has 1 aliphatic carbocycles. The highest BCUT2D eigenvalue weighted by molar-refractivity contribution is 9.10. The zero-order chi connectivity index (χ0) is 10.1. The summed E-state index contributed by atoms with van der Waals surface area (Å²) in [6, 6.07) is 5.30. The SMILES string of the molecule is N[C@H](CC1CC1)c1cc(O)ccc1Br. The standard InChI is InChI=1S/C11H14BrNO/c12-10-4-3-8(14)6-9(10)11(13)5-7-1-2-7/h3-4,6-7,11,14H,1-2,5,13H2/t11-/m1/s1. The van der Waals surface area contributed by atoms with Crippen LogP contribution in [-0.4, -0.2) is 5.11 Å². The van der Waals surface area contributed by atoms with Crippen LogP contribution in [0.25, 0.3) is 0 Å². The Morgan fingerprint density at radius 1 is 1.50 bits per heavy atom. The number of nitrogens with two attached hydrogens (primary N) is 1. The first-order chi connectivity index (χ1) is 6.66. The summed E-state index contributed by atoms with van der Waals surface area (Å²) in [7, 11) is 0. The van der Waals surface area contributed by atoms with Crippen LogP contribution in [0.1, 0.15) is 30.9 Å². The van der Waals surface area contributed by atoms with Crippen LogP contribution < -0.4 is 5.73 Å². The smallest absolute Gasteiger partial charge is 0.115 e. The Balaban J connectivity index is 2.15. The highest BCUT2D eigenvalue weighted by atomic mass is 79.9. The maximum atomic E-state index is 9.36. The lowest BCUT2D eigenvalue weighted by Crippen LogP contribution is -2.11. The van der Waals surface area contributed by atoms with E-state index >= 15 is 0 Å². The van der Waals surface area contributed by atoms with E-state index in [2.05, 4.69) is 15.9 Å². The van der Waals surface area contributed by atoms with Gasteiger partial charge in [0.2, 0.25) is 0 Å². The fourth-order valence-electron chi connectivity index (χ4n) is 1.65. The maximum Gasteiger partial charge on any atom is 0.115 e. The normalized spacial score (nSPS) is 18.1. The number of hydrogen-bond acceptors (Lipinski definition) is 2. The van der Waals surface area contributed by atoms with Crippen LogP contribution in [-0.2, 0) is 0 Å². The molecule has 0 bridgehead atoms. The Kier molecular flexibility index (Phi) is 2.79. The lowest BCUT2D eigenvalue weighted by Gasteiger charge is -2.13. The van der Waals surface area contributed by atoms with Gasteiger partial charge in [-0.1, -0.05) is 28.8 Å². The first-order valence-corrected chi connectivity index (χ1v) is 5.70. The highest BCUT2D eigenvalue weighted by Crippen LogP contribution is 2.38. The van der Waals surface area contributed by atoms with Gasteiger partial charge in [0.05, 0.1) is 0 Å². The molecule has 2 rings (SSSR count). The lowest BCUT2D eigenvalue weighted by atomic mass is 10.0. The number of aromatic hydroxyl groups is 1. The van der Waals surface area contributed by atoms with Gasteiger partial charge in [-0.2, -0.15) is 0 Å². The maximum absolute atomic E-state index is 9.36. The van der Waals surface area contributed by atoms with E-state index in [0.717, 1.165) is 22.4 Å². The number of hydrogen-bond donors (Lipinski definition) is 2. The molecule has 3 N–H and O–H groups in total. The Morgan fingerprint density at radius 3 is 2.86 bits per heavy atom. The van der Waals surface area contributed by atoms with E-state index in [1.54, 1.807) is 12.1 Å². The van der Waals surface area contributed by atoms with Gasteiger partial charge in [-0.25, -0.2) is 0 Å². The average molecular weight is 256 g/mol. The third kappa shape index (κ3) is 2.28. The lowest BCUT2D eigenvalue weighted by molar-refractivity contribution is 0.472. The summed E-state index contributed by atoms with van der Waals surface area (Å²) in [5.74, 6) is 1.09. The summed E-state index contributed by atoms with van der Waals surface area (Å²) in [4.78, 5) is 0. The van der Waals surface area contributed by atoms with Crippen LogP contribution in [0.3, 0.4) is 0 Å². The minimum atomic E-state index is 0.0453. The Bertz CT molecular complexity index is 336. The molecule has 0 heterocycles. The van der Waals surface area contributed by atoms with Gasteiger partial charge in [-0.3, -0.25) is 0 Å². The molecule has 1 aromatic carbocycles. The minimum Gasteiger partial charge on any atom is -0.508 e. The van der Waals surface area contributed by atoms with Crippen molar-refractivity contribution in [1.82, 2.24) is 0 Å². The van der Waals surface area contributed by atoms with Crippen molar-refractivity contribution < 1.29 is 5.11 Å². The summed E-state index contributed by atoms with van der Waals surface area (Å²) in [5, 5.41) is 9.36. The first kappa shape index (κ1) is 9.99. The van der Waals surface area contributed by atoms with Crippen molar-refractivity contribution >= 4 is 15.9 Å². The van der Waals surface area contributed by atoms with Crippen LogP contribution in [0, 0.1) is 5.92 Å². The van der Waals surface area contributed by atoms with Gasteiger partial charge in [0.15, 0.2) is 0 Å². The molecular formula is C11H14BrNO. The molecule has 0 saturated heterocycles. The van der Waals surface area contributed by atoms with Crippen molar-refractivity contribution in [3.8, 4) is 5.75 Å². The summed E-state index contributed by atoms with van der Waals surface area (Å²) < 4.78 is 0.989. The van der Waals surface area contributed by atoms with Crippen molar-refractivity contribution in [1.29, 1.82) is 0 Å². The van der Waals surface area contributed by atoms with E-state index < -0.39 is 0 Å². The molecule has 0 amide bonds. The van der Waals surface area contributed by atoms with E-state index in [4.69, 9.17) is 5.73 Å². The van der Waals surface area contributed by atoms with Crippen molar-refractivity contribution in [3.05, 3.63) is 28.2 Å². The molecule has 1 saturated carbocycles. The second-order valence-corrected chi connectivity index (χ2v) is 4.85. The summed E-state index contributed by atoms with van der Waals surface area (Å²) in [6.45, 7) is 0. The molecule has 2 nitrogen and oxygen atoms in total.